The van der Waals surface area contributed by atoms with E-state index in [2.05, 4.69) is 40.5 Å². The monoisotopic (exact) mass is 286 g/mol. The summed E-state index contributed by atoms with van der Waals surface area (Å²) in [7, 11) is 0. The van der Waals surface area contributed by atoms with Gasteiger partial charge in [0.2, 0.25) is 0 Å². The zero-order valence-corrected chi connectivity index (χ0v) is 12.7. The molecule has 0 radical (unpaired) electrons. The molecule has 3 aliphatic rings. The van der Waals surface area contributed by atoms with Crippen LogP contribution >= 0.6 is 0 Å². The molecule has 2 heterocycles. The third-order valence-electron chi connectivity index (χ3n) is 5.42. The van der Waals surface area contributed by atoms with Crippen LogP contribution in [0.5, 0.6) is 0 Å². The summed E-state index contributed by atoms with van der Waals surface area (Å²) >= 11 is 0. The number of nitrogens with one attached hydrogen (secondary N) is 1. The molecule has 1 aromatic rings. The van der Waals surface area contributed by atoms with Crippen molar-refractivity contribution in [1.82, 2.24) is 10.2 Å². The first-order chi connectivity index (χ1) is 10.4. The minimum Gasteiger partial charge on any atom is -0.371 e. The van der Waals surface area contributed by atoms with Gasteiger partial charge < -0.3 is 10.1 Å². The van der Waals surface area contributed by atoms with Gasteiger partial charge in [-0.3, -0.25) is 4.90 Å². The van der Waals surface area contributed by atoms with Crippen LogP contribution in [-0.2, 0) is 4.74 Å². The number of fused-ring (bicyclic) bond motifs is 1. The minimum absolute atomic E-state index is 0.257. The summed E-state index contributed by atoms with van der Waals surface area (Å²) in [6.45, 7) is 3.15. The van der Waals surface area contributed by atoms with Crippen LogP contribution in [0.3, 0.4) is 0 Å². The summed E-state index contributed by atoms with van der Waals surface area (Å²) in [5, 5.41) is 3.89. The van der Waals surface area contributed by atoms with Gasteiger partial charge in [-0.25, -0.2) is 0 Å². The molecule has 1 aliphatic carbocycles. The van der Waals surface area contributed by atoms with Crippen molar-refractivity contribution in [3.63, 3.8) is 0 Å². The maximum Gasteiger partial charge on any atom is 0.0952 e. The maximum absolute atomic E-state index is 6.13. The third-order valence-corrected chi connectivity index (χ3v) is 5.42. The lowest BCUT2D eigenvalue weighted by atomic mass is 10.1. The minimum atomic E-state index is 0.257. The van der Waals surface area contributed by atoms with Crippen molar-refractivity contribution in [1.29, 1.82) is 0 Å². The number of hydrogen-bond donors (Lipinski definition) is 1. The lowest BCUT2D eigenvalue weighted by molar-refractivity contribution is -0.0502. The first kappa shape index (κ1) is 13.7. The number of hydrogen-bond acceptors (Lipinski definition) is 3. The Hall–Kier alpha value is -0.900. The van der Waals surface area contributed by atoms with Gasteiger partial charge in [-0.15, -0.1) is 0 Å². The van der Waals surface area contributed by atoms with Gasteiger partial charge in [-0.2, -0.15) is 0 Å². The fourth-order valence-corrected chi connectivity index (χ4v) is 4.29. The molecule has 2 aliphatic heterocycles. The summed E-state index contributed by atoms with van der Waals surface area (Å²) in [5.74, 6) is 0. The fraction of sp³-hybridized carbons (Fsp3) is 0.667. The molecule has 3 heteroatoms. The van der Waals surface area contributed by atoms with Gasteiger partial charge in [0.15, 0.2) is 0 Å². The molecule has 3 nitrogen and oxygen atoms in total. The largest absolute Gasteiger partial charge is 0.371 e. The molecular formula is C18H26N2O. The molecule has 0 spiro atoms. The normalized spacial score (nSPS) is 34.2. The molecule has 0 aromatic heterocycles. The van der Waals surface area contributed by atoms with Gasteiger partial charge in [0.05, 0.1) is 12.7 Å². The molecule has 4 rings (SSSR count). The smallest absolute Gasteiger partial charge is 0.0952 e. The molecule has 3 fully saturated rings. The molecule has 0 unspecified atom stereocenters. The highest BCUT2D eigenvalue weighted by molar-refractivity contribution is 5.18. The molecule has 0 bridgehead atoms. The number of nitrogens with zero attached hydrogens (tertiary/aromatic N) is 1. The molecule has 3 atom stereocenters. The van der Waals surface area contributed by atoms with Gasteiger partial charge in [-0.05, 0) is 24.8 Å². The molecule has 0 amide bonds. The zero-order chi connectivity index (χ0) is 14.1. The standard InChI is InChI=1S/C18H26N2O/c1-2-6-14(7-3-1)18-12-20-11-16(10-17(20)13-21-18)19-15-8-4-5-9-15/h1-3,6-7,15-19H,4-5,8-13H2/t16-,17+,18-/m1/s1. The molecule has 1 saturated carbocycles. The Balaban J connectivity index is 1.35. The summed E-state index contributed by atoms with van der Waals surface area (Å²) in [6.07, 6.45) is 7.10. The van der Waals surface area contributed by atoms with E-state index in [9.17, 15) is 0 Å². The first-order valence-corrected chi connectivity index (χ1v) is 8.55. The van der Waals surface area contributed by atoms with E-state index >= 15 is 0 Å². The Morgan fingerprint density at radius 3 is 2.62 bits per heavy atom. The Bertz CT molecular complexity index is 458. The van der Waals surface area contributed by atoms with Gasteiger partial charge in [0.25, 0.3) is 0 Å². The Labute approximate surface area is 127 Å². The van der Waals surface area contributed by atoms with Gasteiger partial charge >= 0.3 is 0 Å². The molecule has 1 aromatic carbocycles. The van der Waals surface area contributed by atoms with E-state index in [4.69, 9.17) is 4.74 Å². The first-order valence-electron chi connectivity index (χ1n) is 8.55. The molecular weight excluding hydrogens is 260 g/mol. The zero-order valence-electron chi connectivity index (χ0n) is 12.7. The van der Waals surface area contributed by atoms with E-state index in [1.165, 1.54) is 44.2 Å². The second-order valence-electron chi connectivity index (χ2n) is 6.92. The van der Waals surface area contributed by atoms with Crippen molar-refractivity contribution in [2.75, 3.05) is 19.7 Å². The molecule has 2 saturated heterocycles. The quantitative estimate of drug-likeness (QED) is 0.924. The number of benzene rings is 1. The van der Waals surface area contributed by atoms with Crippen LogP contribution in [0.2, 0.25) is 0 Å². The second-order valence-corrected chi connectivity index (χ2v) is 6.92. The van der Waals surface area contributed by atoms with E-state index in [1.54, 1.807) is 0 Å². The van der Waals surface area contributed by atoms with Crippen molar-refractivity contribution in [2.45, 2.75) is 56.3 Å². The van der Waals surface area contributed by atoms with Crippen LogP contribution in [0, 0.1) is 0 Å². The highest BCUT2D eigenvalue weighted by Crippen LogP contribution is 2.31. The van der Waals surface area contributed by atoms with Crippen LogP contribution in [0.1, 0.15) is 43.8 Å². The van der Waals surface area contributed by atoms with E-state index in [1.807, 2.05) is 0 Å². The van der Waals surface area contributed by atoms with Gasteiger partial charge in [0, 0.05) is 31.2 Å². The lowest BCUT2D eigenvalue weighted by Crippen LogP contribution is -2.43. The molecule has 114 valence electrons. The van der Waals surface area contributed by atoms with Crippen molar-refractivity contribution in [3.05, 3.63) is 35.9 Å². The van der Waals surface area contributed by atoms with Gasteiger partial charge in [-0.1, -0.05) is 43.2 Å². The second kappa shape index (κ2) is 6.07. The van der Waals surface area contributed by atoms with Gasteiger partial charge in [0.1, 0.15) is 0 Å². The number of rotatable bonds is 3. The van der Waals surface area contributed by atoms with Crippen LogP contribution in [0.4, 0.5) is 0 Å². The predicted octanol–water partition coefficient (Wildman–Crippen LogP) is 2.73. The van der Waals surface area contributed by atoms with E-state index in [0.717, 1.165) is 19.2 Å². The topological polar surface area (TPSA) is 24.5 Å². The highest BCUT2D eigenvalue weighted by Gasteiger charge is 2.38. The highest BCUT2D eigenvalue weighted by atomic mass is 16.5. The van der Waals surface area contributed by atoms with Crippen LogP contribution in [-0.4, -0.2) is 42.7 Å². The van der Waals surface area contributed by atoms with Crippen LogP contribution < -0.4 is 5.32 Å². The van der Waals surface area contributed by atoms with Crippen LogP contribution in [0.25, 0.3) is 0 Å². The van der Waals surface area contributed by atoms with Crippen molar-refractivity contribution in [3.8, 4) is 0 Å². The molecule has 1 N–H and O–H groups in total. The van der Waals surface area contributed by atoms with Crippen LogP contribution in [0.15, 0.2) is 30.3 Å². The van der Waals surface area contributed by atoms with E-state index in [-0.39, 0.29) is 6.10 Å². The number of morpholine rings is 1. The average Bonchev–Trinajstić information content (AvgIpc) is 3.16. The van der Waals surface area contributed by atoms with Crippen molar-refractivity contribution >= 4 is 0 Å². The lowest BCUT2D eigenvalue weighted by Gasteiger charge is -2.35. The summed E-state index contributed by atoms with van der Waals surface area (Å²) in [5.41, 5.74) is 1.32. The Morgan fingerprint density at radius 2 is 1.81 bits per heavy atom. The number of ether oxygens (including phenoxy) is 1. The Kier molecular flexibility index (Phi) is 3.97. The Morgan fingerprint density at radius 1 is 1.00 bits per heavy atom. The van der Waals surface area contributed by atoms with E-state index in [0.29, 0.717) is 12.1 Å². The van der Waals surface area contributed by atoms with Crippen molar-refractivity contribution < 1.29 is 4.74 Å². The fourth-order valence-electron chi connectivity index (χ4n) is 4.29. The van der Waals surface area contributed by atoms with Crippen molar-refractivity contribution in [2.24, 2.45) is 0 Å². The molecule has 21 heavy (non-hydrogen) atoms. The van der Waals surface area contributed by atoms with E-state index < -0.39 is 0 Å². The third kappa shape index (κ3) is 3.01. The summed E-state index contributed by atoms with van der Waals surface area (Å²) in [4.78, 5) is 2.65. The summed E-state index contributed by atoms with van der Waals surface area (Å²) < 4.78 is 6.13. The average molecular weight is 286 g/mol. The maximum atomic E-state index is 6.13. The summed E-state index contributed by atoms with van der Waals surface area (Å²) in [6, 6.07) is 12.8. The predicted molar refractivity (Wildman–Crippen MR) is 84.3 cm³/mol. The SMILES string of the molecule is c1ccc([C@H]2CN3C[C@H](NC4CCCC4)C[C@H]3CO2)cc1.